The molecule has 0 heterocycles. The van der Waals surface area contributed by atoms with Crippen molar-refractivity contribution in [3.05, 3.63) is 30.3 Å². The van der Waals surface area contributed by atoms with Gasteiger partial charge in [0.05, 0.1) is 0 Å². The van der Waals surface area contributed by atoms with Crippen LogP contribution in [0.2, 0.25) is 0 Å². The molecule has 1 aromatic rings. The summed E-state index contributed by atoms with van der Waals surface area (Å²) in [4.78, 5) is 0. The summed E-state index contributed by atoms with van der Waals surface area (Å²) in [6, 6.07) is 10.3. The van der Waals surface area contributed by atoms with Crippen LogP contribution in [-0.2, 0) is 23.5 Å². The van der Waals surface area contributed by atoms with E-state index in [-0.39, 0.29) is 24.8 Å². The average molecular weight is 255 g/mol. The fraction of sp³-hybridized carbons (Fsp3) is 0. The molecule has 0 fully saturated rings. The minimum absolute atomic E-state index is 0. The van der Waals surface area contributed by atoms with Crippen molar-refractivity contribution in [1.82, 2.24) is 0 Å². The summed E-state index contributed by atoms with van der Waals surface area (Å²) in [5.74, 6) is 0. The molecule has 0 atom stereocenters. The third kappa shape index (κ3) is 4.46. The van der Waals surface area contributed by atoms with Gasteiger partial charge in [0.2, 0.25) is 0 Å². The van der Waals surface area contributed by atoms with Crippen LogP contribution in [0.15, 0.2) is 30.3 Å². The van der Waals surface area contributed by atoms with Crippen LogP contribution in [0.5, 0.6) is 0 Å². The molecule has 0 aliphatic heterocycles. The maximum atomic E-state index is 5.52. The summed E-state index contributed by atoms with van der Waals surface area (Å²) < 4.78 is 6.88. The summed E-state index contributed by atoms with van der Waals surface area (Å²) >= 11 is -0.644. The summed E-state index contributed by atoms with van der Waals surface area (Å²) in [6.07, 6.45) is 0. The maximum absolute atomic E-state index is 5.52. The van der Waals surface area contributed by atoms with Gasteiger partial charge in [-0.3, -0.25) is 0 Å². The van der Waals surface area contributed by atoms with E-state index in [1.165, 1.54) is 3.27 Å². The molecule has 0 saturated heterocycles. The zero-order chi connectivity index (χ0) is 5.82. The van der Waals surface area contributed by atoms with Gasteiger partial charge in [-0.25, -0.2) is 0 Å². The van der Waals surface area contributed by atoms with Crippen molar-refractivity contribution in [2.45, 2.75) is 0 Å². The molecular formula is C6H7Cl2NZr. The van der Waals surface area contributed by atoms with Crippen molar-refractivity contribution in [1.29, 1.82) is 0 Å². The second-order valence-corrected chi connectivity index (χ2v) is 3.64. The molecule has 4 heteroatoms. The zero-order valence-corrected chi connectivity index (χ0v) is 9.19. The van der Waals surface area contributed by atoms with Crippen LogP contribution in [0.25, 0.3) is 0 Å². The SMILES string of the molecule is [Cl-].[Cl-].[NH2][Zr+2][c]1ccccc1. The van der Waals surface area contributed by atoms with Crippen molar-refractivity contribution in [3.63, 3.8) is 0 Å². The van der Waals surface area contributed by atoms with Crippen molar-refractivity contribution in [2.75, 3.05) is 0 Å². The Balaban J connectivity index is 0. The van der Waals surface area contributed by atoms with Crippen LogP contribution in [-0.4, -0.2) is 0 Å². The Morgan fingerprint density at radius 1 is 1.00 bits per heavy atom. The quantitative estimate of drug-likeness (QED) is 0.532. The topological polar surface area (TPSA) is 26.0 Å². The van der Waals surface area contributed by atoms with Crippen LogP contribution < -0.4 is 31.8 Å². The first-order chi connectivity index (χ1) is 3.93. The summed E-state index contributed by atoms with van der Waals surface area (Å²) in [7, 11) is 0. The second-order valence-electron chi connectivity index (χ2n) is 1.51. The molecule has 54 valence electrons. The van der Waals surface area contributed by atoms with Crippen molar-refractivity contribution in [3.8, 4) is 0 Å². The van der Waals surface area contributed by atoms with Gasteiger partial charge in [-0.1, -0.05) is 0 Å². The molecular weight excluding hydrogens is 248 g/mol. The third-order valence-electron chi connectivity index (χ3n) is 0.940. The van der Waals surface area contributed by atoms with Crippen molar-refractivity contribution >= 4 is 3.27 Å². The van der Waals surface area contributed by atoms with Crippen molar-refractivity contribution in [2.24, 2.45) is 3.68 Å². The van der Waals surface area contributed by atoms with E-state index in [0.29, 0.717) is 0 Å². The molecule has 1 nitrogen and oxygen atoms in total. The van der Waals surface area contributed by atoms with Gasteiger partial charge in [0, 0.05) is 0 Å². The van der Waals surface area contributed by atoms with Gasteiger partial charge in [-0.2, -0.15) is 0 Å². The van der Waals surface area contributed by atoms with Gasteiger partial charge >= 0.3 is 60.8 Å². The Morgan fingerprint density at radius 2 is 1.50 bits per heavy atom. The molecule has 0 radical (unpaired) electrons. The Labute approximate surface area is 85.2 Å². The first kappa shape index (κ1) is 13.2. The number of rotatable bonds is 1. The van der Waals surface area contributed by atoms with Crippen LogP contribution >= 0.6 is 0 Å². The van der Waals surface area contributed by atoms with Gasteiger partial charge in [0.25, 0.3) is 0 Å². The molecule has 0 amide bonds. The molecule has 2 N–H and O–H groups in total. The summed E-state index contributed by atoms with van der Waals surface area (Å²) in [5, 5.41) is 0. The number of benzene rings is 1. The predicted octanol–water partition coefficient (Wildman–Crippen LogP) is -5.72. The number of nitrogens with two attached hydrogens (primary N) is 1. The molecule has 0 aliphatic carbocycles. The Morgan fingerprint density at radius 3 is 1.80 bits per heavy atom. The first-order valence-corrected chi connectivity index (χ1v) is 5.10. The fourth-order valence-corrected chi connectivity index (χ4v) is 1.48. The van der Waals surface area contributed by atoms with E-state index in [1.54, 1.807) is 0 Å². The summed E-state index contributed by atoms with van der Waals surface area (Å²) in [6.45, 7) is 0. The molecule has 0 unspecified atom stereocenters. The Kier molecular flexibility index (Phi) is 10.3. The molecule has 0 saturated carbocycles. The third-order valence-corrected chi connectivity index (χ3v) is 2.58. The average Bonchev–Trinajstić information content (AvgIpc) is 1.90. The summed E-state index contributed by atoms with van der Waals surface area (Å²) in [5.41, 5.74) is 0. The Bertz CT molecular complexity index is 157. The number of hydrogen-bond acceptors (Lipinski definition) is 1. The van der Waals surface area contributed by atoms with Crippen LogP contribution in [0.1, 0.15) is 0 Å². The zero-order valence-electron chi connectivity index (χ0n) is 5.22. The second kappa shape index (κ2) is 7.75. The number of halogens is 2. The minimum atomic E-state index is -0.644. The van der Waals surface area contributed by atoms with E-state index >= 15 is 0 Å². The van der Waals surface area contributed by atoms with Gasteiger partial charge in [0.1, 0.15) is 0 Å². The monoisotopic (exact) mass is 253 g/mol. The fourth-order valence-electron chi connectivity index (χ4n) is 0.534. The molecule has 1 aromatic carbocycles. The molecule has 0 spiro atoms. The molecule has 0 bridgehead atoms. The van der Waals surface area contributed by atoms with Gasteiger partial charge in [0.15, 0.2) is 0 Å². The van der Waals surface area contributed by atoms with E-state index in [0.717, 1.165) is 0 Å². The van der Waals surface area contributed by atoms with E-state index in [1.807, 2.05) is 18.2 Å². The predicted molar refractivity (Wildman–Crippen MR) is 30.3 cm³/mol. The van der Waals surface area contributed by atoms with Gasteiger partial charge < -0.3 is 24.8 Å². The normalized spacial score (nSPS) is 6.50. The van der Waals surface area contributed by atoms with Gasteiger partial charge in [-0.05, 0) is 0 Å². The van der Waals surface area contributed by atoms with E-state index in [4.69, 9.17) is 3.68 Å². The standard InChI is InChI=1S/C6H5.2ClH.H2N.Zr/c1-2-4-6-5-3-1;;;;/h1-5H;2*1H;1H2;/q;;;-1;+3/p-2. The number of hydrogen-bond donors (Lipinski definition) is 1. The molecule has 1 rings (SSSR count). The van der Waals surface area contributed by atoms with E-state index in [2.05, 4.69) is 12.1 Å². The van der Waals surface area contributed by atoms with Crippen LogP contribution in [0.4, 0.5) is 0 Å². The molecule has 0 aromatic heterocycles. The van der Waals surface area contributed by atoms with Crippen LogP contribution in [0, 0.1) is 0 Å². The van der Waals surface area contributed by atoms with Gasteiger partial charge in [-0.15, -0.1) is 0 Å². The molecule has 10 heavy (non-hydrogen) atoms. The van der Waals surface area contributed by atoms with E-state index < -0.39 is 23.5 Å². The van der Waals surface area contributed by atoms with Crippen LogP contribution in [0.3, 0.4) is 0 Å². The van der Waals surface area contributed by atoms with Crippen molar-refractivity contribution < 1.29 is 48.3 Å². The Hall–Kier alpha value is 0.643. The molecule has 0 aliphatic rings. The van der Waals surface area contributed by atoms with E-state index in [9.17, 15) is 0 Å². The first-order valence-electron chi connectivity index (χ1n) is 2.45.